The Hall–Kier alpha value is -3.64. The average molecular weight is 400 g/mol. The molecule has 3 aromatic carbocycles. The van der Waals surface area contributed by atoms with Gasteiger partial charge in [-0.25, -0.2) is 4.98 Å². The largest absolute Gasteiger partial charge is 0.496 e. The molecule has 142 valence electrons. The zero-order valence-corrected chi connectivity index (χ0v) is 16.3. The van der Waals surface area contributed by atoms with Gasteiger partial charge in [0.2, 0.25) is 0 Å². The standard InChI is InChI=1S/C23H16N2O3S/c1-27-20-11-15-7-3-2-6-14(15)10-17(20)22(26)25-23-24-18(13-29-23)21-12-16-8-4-5-9-19(16)28-21/h2-13H,1H3,(H,24,25,26). The second-order valence-electron chi connectivity index (χ2n) is 6.54. The van der Waals surface area contributed by atoms with Gasteiger partial charge in [-0.1, -0.05) is 42.5 Å². The van der Waals surface area contributed by atoms with E-state index in [-0.39, 0.29) is 5.91 Å². The number of thiazole rings is 1. The molecule has 0 aliphatic heterocycles. The average Bonchev–Trinajstić information content (AvgIpc) is 3.39. The number of carbonyl (C=O) groups is 1. The minimum Gasteiger partial charge on any atom is -0.496 e. The highest BCUT2D eigenvalue weighted by atomic mass is 32.1. The Balaban J connectivity index is 1.43. The van der Waals surface area contributed by atoms with Gasteiger partial charge < -0.3 is 9.15 Å². The third kappa shape index (κ3) is 3.23. The van der Waals surface area contributed by atoms with Gasteiger partial charge in [0.05, 0.1) is 12.7 Å². The molecule has 5 aromatic rings. The van der Waals surface area contributed by atoms with Crippen LogP contribution in [0.2, 0.25) is 0 Å². The van der Waals surface area contributed by atoms with E-state index in [4.69, 9.17) is 9.15 Å². The van der Waals surface area contributed by atoms with Gasteiger partial charge in [-0.05, 0) is 35.0 Å². The quantitative estimate of drug-likeness (QED) is 0.404. The minimum absolute atomic E-state index is 0.266. The van der Waals surface area contributed by atoms with Gasteiger partial charge >= 0.3 is 0 Å². The molecule has 0 aliphatic rings. The van der Waals surface area contributed by atoms with Crippen LogP contribution in [0.1, 0.15) is 10.4 Å². The fourth-order valence-corrected chi connectivity index (χ4v) is 3.98. The lowest BCUT2D eigenvalue weighted by molar-refractivity contribution is 0.102. The summed E-state index contributed by atoms with van der Waals surface area (Å²) in [5.41, 5.74) is 1.96. The van der Waals surface area contributed by atoms with E-state index in [0.717, 1.165) is 21.7 Å². The Labute approximate surface area is 170 Å². The van der Waals surface area contributed by atoms with E-state index in [1.54, 1.807) is 7.11 Å². The van der Waals surface area contributed by atoms with Gasteiger partial charge in [-0.2, -0.15) is 0 Å². The lowest BCUT2D eigenvalue weighted by Crippen LogP contribution is -2.13. The van der Waals surface area contributed by atoms with Crippen LogP contribution in [0.3, 0.4) is 0 Å². The highest BCUT2D eigenvalue weighted by Gasteiger charge is 2.16. The Morgan fingerprint density at radius 1 is 1.00 bits per heavy atom. The summed E-state index contributed by atoms with van der Waals surface area (Å²) in [6.45, 7) is 0. The summed E-state index contributed by atoms with van der Waals surface area (Å²) in [6.07, 6.45) is 0. The lowest BCUT2D eigenvalue weighted by atomic mass is 10.1. The molecular formula is C23H16N2O3S. The third-order valence-electron chi connectivity index (χ3n) is 4.72. The van der Waals surface area contributed by atoms with Crippen LogP contribution >= 0.6 is 11.3 Å². The van der Waals surface area contributed by atoms with Crippen molar-refractivity contribution < 1.29 is 13.9 Å². The minimum atomic E-state index is -0.266. The number of hydrogen-bond donors (Lipinski definition) is 1. The van der Waals surface area contributed by atoms with Crippen molar-refractivity contribution >= 4 is 44.1 Å². The first kappa shape index (κ1) is 17.5. The van der Waals surface area contributed by atoms with Gasteiger partial charge in [0.1, 0.15) is 17.0 Å². The van der Waals surface area contributed by atoms with E-state index in [1.807, 2.05) is 72.1 Å². The van der Waals surface area contributed by atoms with E-state index in [0.29, 0.717) is 27.9 Å². The number of fused-ring (bicyclic) bond motifs is 2. The smallest absolute Gasteiger partial charge is 0.261 e. The van der Waals surface area contributed by atoms with E-state index < -0.39 is 0 Å². The highest BCUT2D eigenvalue weighted by Crippen LogP contribution is 2.31. The zero-order chi connectivity index (χ0) is 19.8. The van der Waals surface area contributed by atoms with E-state index in [2.05, 4.69) is 10.3 Å². The number of ether oxygens (including phenoxy) is 1. The fourth-order valence-electron chi connectivity index (χ4n) is 3.28. The number of furan rings is 1. The SMILES string of the molecule is COc1cc2ccccc2cc1C(=O)Nc1nc(-c2cc3ccccc3o2)cs1. The Bertz CT molecular complexity index is 1320. The molecule has 0 unspecified atom stereocenters. The van der Waals surface area contributed by atoms with Crippen molar-refractivity contribution in [3.05, 3.63) is 77.7 Å². The Morgan fingerprint density at radius 2 is 1.72 bits per heavy atom. The van der Waals surface area contributed by atoms with E-state index in [9.17, 15) is 4.79 Å². The first-order valence-corrected chi connectivity index (χ1v) is 9.92. The second kappa shape index (κ2) is 7.07. The summed E-state index contributed by atoms with van der Waals surface area (Å²) in [5, 5.41) is 8.24. The molecule has 2 aromatic heterocycles. The number of carbonyl (C=O) groups excluding carboxylic acids is 1. The molecule has 0 spiro atoms. The first-order valence-electron chi connectivity index (χ1n) is 9.04. The van der Waals surface area contributed by atoms with Crippen LogP contribution in [-0.2, 0) is 0 Å². The van der Waals surface area contributed by atoms with Crippen LogP contribution < -0.4 is 10.1 Å². The first-order chi connectivity index (χ1) is 14.2. The predicted molar refractivity (Wildman–Crippen MR) is 116 cm³/mol. The zero-order valence-electron chi connectivity index (χ0n) is 15.5. The van der Waals surface area contributed by atoms with Gasteiger partial charge in [0, 0.05) is 10.8 Å². The van der Waals surface area contributed by atoms with Crippen LogP contribution in [0.25, 0.3) is 33.2 Å². The monoisotopic (exact) mass is 400 g/mol. The van der Waals surface area contributed by atoms with Crippen molar-refractivity contribution in [2.75, 3.05) is 12.4 Å². The number of para-hydroxylation sites is 1. The summed E-state index contributed by atoms with van der Waals surface area (Å²) >= 11 is 1.35. The fraction of sp³-hybridized carbons (Fsp3) is 0.0435. The van der Waals surface area contributed by atoms with Gasteiger partial charge in [0.15, 0.2) is 10.9 Å². The molecule has 0 radical (unpaired) electrons. The highest BCUT2D eigenvalue weighted by molar-refractivity contribution is 7.14. The van der Waals surface area contributed by atoms with Gasteiger partial charge in [-0.15, -0.1) is 11.3 Å². The molecule has 2 heterocycles. The normalized spacial score (nSPS) is 11.1. The number of amides is 1. The molecular weight excluding hydrogens is 384 g/mol. The van der Waals surface area contributed by atoms with Crippen molar-refractivity contribution in [3.63, 3.8) is 0 Å². The van der Waals surface area contributed by atoms with Crippen LogP contribution in [0.4, 0.5) is 5.13 Å². The summed E-state index contributed by atoms with van der Waals surface area (Å²) in [7, 11) is 1.56. The summed E-state index contributed by atoms with van der Waals surface area (Å²) < 4.78 is 11.3. The third-order valence-corrected chi connectivity index (χ3v) is 5.47. The van der Waals surface area contributed by atoms with Crippen molar-refractivity contribution in [1.29, 1.82) is 0 Å². The van der Waals surface area contributed by atoms with Crippen molar-refractivity contribution in [1.82, 2.24) is 4.98 Å². The van der Waals surface area contributed by atoms with Crippen LogP contribution in [0.15, 0.2) is 76.5 Å². The number of hydrogen-bond acceptors (Lipinski definition) is 5. The topological polar surface area (TPSA) is 64.4 Å². The molecule has 0 bridgehead atoms. The molecule has 0 atom stereocenters. The lowest BCUT2D eigenvalue weighted by Gasteiger charge is -2.10. The number of rotatable bonds is 4. The van der Waals surface area contributed by atoms with Gasteiger partial charge in [-0.3, -0.25) is 10.1 Å². The number of anilines is 1. The van der Waals surface area contributed by atoms with Crippen molar-refractivity contribution in [2.24, 2.45) is 0 Å². The molecule has 1 amide bonds. The molecule has 5 nitrogen and oxygen atoms in total. The number of aromatic nitrogens is 1. The Kier molecular flexibility index (Phi) is 4.26. The maximum Gasteiger partial charge on any atom is 0.261 e. The number of benzene rings is 3. The number of methoxy groups -OCH3 is 1. The van der Waals surface area contributed by atoms with E-state index in [1.165, 1.54) is 11.3 Å². The van der Waals surface area contributed by atoms with Crippen molar-refractivity contribution in [3.8, 4) is 17.2 Å². The predicted octanol–water partition coefficient (Wildman–Crippen LogP) is 5.97. The number of nitrogens with zero attached hydrogens (tertiary/aromatic N) is 1. The molecule has 1 N–H and O–H groups in total. The maximum absolute atomic E-state index is 12.9. The van der Waals surface area contributed by atoms with Gasteiger partial charge in [0.25, 0.3) is 5.91 Å². The van der Waals surface area contributed by atoms with Crippen LogP contribution in [-0.4, -0.2) is 18.0 Å². The maximum atomic E-state index is 12.9. The van der Waals surface area contributed by atoms with Crippen molar-refractivity contribution in [2.45, 2.75) is 0 Å². The van der Waals surface area contributed by atoms with Crippen LogP contribution in [0, 0.1) is 0 Å². The van der Waals surface area contributed by atoms with E-state index >= 15 is 0 Å². The molecule has 5 rings (SSSR count). The summed E-state index contributed by atoms with van der Waals surface area (Å²) in [6, 6.07) is 21.3. The molecule has 0 fully saturated rings. The summed E-state index contributed by atoms with van der Waals surface area (Å²) in [5.74, 6) is 0.930. The van der Waals surface area contributed by atoms with Crippen LogP contribution in [0.5, 0.6) is 5.75 Å². The molecule has 0 saturated heterocycles. The number of nitrogens with one attached hydrogen (secondary N) is 1. The molecule has 6 heteroatoms. The molecule has 0 saturated carbocycles. The molecule has 0 aliphatic carbocycles. The Morgan fingerprint density at radius 3 is 2.48 bits per heavy atom. The summed E-state index contributed by atoms with van der Waals surface area (Å²) in [4.78, 5) is 17.4. The molecule has 29 heavy (non-hydrogen) atoms. The second-order valence-corrected chi connectivity index (χ2v) is 7.40.